The molecule has 2 amide bonds. The number of amides is 2. The van der Waals surface area contributed by atoms with Crippen LogP contribution in [0, 0.1) is 6.92 Å². The lowest BCUT2D eigenvalue weighted by atomic mass is 10.1. The first kappa shape index (κ1) is 13.6. The number of rotatable bonds is 4. The molecule has 0 aliphatic heterocycles. The maximum absolute atomic E-state index is 11.6. The fourth-order valence-corrected chi connectivity index (χ4v) is 2.05. The van der Waals surface area contributed by atoms with Crippen LogP contribution in [0.15, 0.2) is 34.9 Å². The summed E-state index contributed by atoms with van der Waals surface area (Å²) in [4.78, 5) is 11.6. The van der Waals surface area contributed by atoms with Crippen LogP contribution in [0.1, 0.15) is 16.8 Å². The lowest BCUT2D eigenvalue weighted by Crippen LogP contribution is -2.34. The van der Waals surface area contributed by atoms with E-state index in [9.17, 15) is 4.79 Å². The van der Waals surface area contributed by atoms with Gasteiger partial charge in [-0.05, 0) is 24.1 Å². The van der Waals surface area contributed by atoms with Gasteiger partial charge in [0.2, 0.25) is 0 Å². The summed E-state index contributed by atoms with van der Waals surface area (Å²) in [5.74, 6) is 0. The first-order valence-electron chi connectivity index (χ1n) is 5.91. The van der Waals surface area contributed by atoms with Crippen LogP contribution < -0.4 is 10.6 Å². The highest BCUT2D eigenvalue weighted by Crippen LogP contribution is 2.20. The Hall–Kier alpha value is -1.82. The minimum Gasteiger partial charge on any atom is -0.334 e. The molecule has 0 spiro atoms. The minimum atomic E-state index is -0.206. The number of nitrogens with one attached hydrogen (secondary N) is 3. The summed E-state index contributed by atoms with van der Waals surface area (Å²) in [6, 6.07) is 7.58. The van der Waals surface area contributed by atoms with Crippen LogP contribution in [-0.4, -0.2) is 16.2 Å². The molecule has 100 valence electrons. The van der Waals surface area contributed by atoms with E-state index >= 15 is 0 Å². The van der Waals surface area contributed by atoms with Crippen LogP contribution in [0.3, 0.4) is 0 Å². The van der Waals surface area contributed by atoms with Crippen LogP contribution >= 0.6 is 15.9 Å². The molecule has 2 aromatic rings. The quantitative estimate of drug-likeness (QED) is 0.809. The smallest absolute Gasteiger partial charge is 0.315 e. The van der Waals surface area contributed by atoms with Crippen LogP contribution in [0.5, 0.6) is 0 Å². The Bertz CT molecular complexity index is 554. The summed E-state index contributed by atoms with van der Waals surface area (Å²) in [5, 5.41) is 12.2. The number of urea groups is 1. The number of halogens is 1. The Balaban J connectivity index is 1.81. The van der Waals surface area contributed by atoms with Gasteiger partial charge in [-0.25, -0.2) is 4.79 Å². The minimum absolute atomic E-state index is 0.206. The molecular weight excluding hydrogens is 308 g/mol. The van der Waals surface area contributed by atoms with E-state index in [-0.39, 0.29) is 6.03 Å². The molecule has 1 aromatic heterocycles. The number of H-pyrrole nitrogens is 1. The van der Waals surface area contributed by atoms with Crippen molar-refractivity contribution in [1.29, 1.82) is 0 Å². The standard InChI is InChI=1S/C13H15BrN4O/c1-9-3-2-4-10(12(9)14)7-15-13(19)16-8-11-5-6-17-18-11/h2-6H,7-8H2,1H3,(H,17,18)(H2,15,16,19). The van der Waals surface area contributed by atoms with Gasteiger partial charge in [-0.3, -0.25) is 5.10 Å². The second-order valence-corrected chi connectivity index (χ2v) is 4.96. The molecule has 1 heterocycles. The monoisotopic (exact) mass is 322 g/mol. The predicted octanol–water partition coefficient (Wildman–Crippen LogP) is 2.48. The third-order valence-electron chi connectivity index (χ3n) is 2.71. The normalized spacial score (nSPS) is 10.2. The molecule has 2 rings (SSSR count). The molecule has 0 saturated carbocycles. The van der Waals surface area contributed by atoms with E-state index in [0.717, 1.165) is 21.3 Å². The molecule has 3 N–H and O–H groups in total. The van der Waals surface area contributed by atoms with E-state index in [1.807, 2.05) is 31.2 Å². The van der Waals surface area contributed by atoms with Crippen molar-refractivity contribution in [3.05, 3.63) is 51.8 Å². The molecule has 0 fully saturated rings. The maximum Gasteiger partial charge on any atom is 0.315 e. The zero-order chi connectivity index (χ0) is 13.7. The molecule has 19 heavy (non-hydrogen) atoms. The van der Waals surface area contributed by atoms with Crippen molar-refractivity contribution in [1.82, 2.24) is 20.8 Å². The van der Waals surface area contributed by atoms with Gasteiger partial charge in [-0.1, -0.05) is 34.1 Å². The Morgan fingerprint density at radius 3 is 2.84 bits per heavy atom. The average Bonchev–Trinajstić information content (AvgIpc) is 2.91. The third kappa shape index (κ3) is 3.82. The van der Waals surface area contributed by atoms with Crippen molar-refractivity contribution in [3.8, 4) is 0 Å². The van der Waals surface area contributed by atoms with Crippen molar-refractivity contribution >= 4 is 22.0 Å². The van der Waals surface area contributed by atoms with Gasteiger partial charge in [0, 0.05) is 17.2 Å². The molecule has 5 nitrogen and oxygen atoms in total. The van der Waals surface area contributed by atoms with Crippen molar-refractivity contribution in [2.45, 2.75) is 20.0 Å². The topological polar surface area (TPSA) is 69.8 Å². The summed E-state index contributed by atoms with van der Waals surface area (Å²) < 4.78 is 1.03. The predicted molar refractivity (Wildman–Crippen MR) is 76.5 cm³/mol. The van der Waals surface area contributed by atoms with Crippen molar-refractivity contribution in [3.63, 3.8) is 0 Å². The summed E-state index contributed by atoms with van der Waals surface area (Å²) in [5.41, 5.74) is 3.07. The van der Waals surface area contributed by atoms with E-state index < -0.39 is 0 Å². The number of hydrogen-bond donors (Lipinski definition) is 3. The Labute approximate surface area is 119 Å². The second-order valence-electron chi connectivity index (χ2n) is 4.17. The van der Waals surface area contributed by atoms with Gasteiger partial charge in [0.05, 0.1) is 12.2 Å². The number of carbonyl (C=O) groups excluding carboxylic acids is 1. The van der Waals surface area contributed by atoms with E-state index in [0.29, 0.717) is 13.1 Å². The molecule has 0 saturated heterocycles. The van der Waals surface area contributed by atoms with Gasteiger partial charge < -0.3 is 10.6 Å². The number of nitrogens with zero attached hydrogens (tertiary/aromatic N) is 1. The molecular formula is C13H15BrN4O. The zero-order valence-corrected chi connectivity index (χ0v) is 12.1. The van der Waals surface area contributed by atoms with Crippen molar-refractivity contribution in [2.75, 3.05) is 0 Å². The van der Waals surface area contributed by atoms with Gasteiger partial charge >= 0.3 is 6.03 Å². The highest BCUT2D eigenvalue weighted by Gasteiger charge is 2.05. The number of aromatic nitrogens is 2. The number of aromatic amines is 1. The highest BCUT2D eigenvalue weighted by molar-refractivity contribution is 9.10. The summed E-state index contributed by atoms with van der Waals surface area (Å²) in [6.45, 7) is 2.93. The number of carbonyl (C=O) groups is 1. The van der Waals surface area contributed by atoms with Gasteiger partial charge in [0.1, 0.15) is 0 Å². The molecule has 0 unspecified atom stereocenters. The van der Waals surface area contributed by atoms with Crippen LogP contribution in [0.4, 0.5) is 4.79 Å². The lowest BCUT2D eigenvalue weighted by Gasteiger charge is -2.09. The Morgan fingerprint density at radius 1 is 1.32 bits per heavy atom. The van der Waals surface area contributed by atoms with Gasteiger partial charge in [0.25, 0.3) is 0 Å². The number of benzene rings is 1. The van der Waals surface area contributed by atoms with Crippen LogP contribution in [0.25, 0.3) is 0 Å². The molecule has 0 bridgehead atoms. The third-order valence-corrected chi connectivity index (χ3v) is 3.84. The SMILES string of the molecule is Cc1cccc(CNC(=O)NCc2ccn[nH]2)c1Br. The van der Waals surface area contributed by atoms with E-state index in [1.165, 1.54) is 0 Å². The second kappa shape index (κ2) is 6.38. The van der Waals surface area contributed by atoms with Gasteiger partial charge in [-0.2, -0.15) is 5.10 Å². The molecule has 0 aliphatic carbocycles. The van der Waals surface area contributed by atoms with Crippen LogP contribution in [-0.2, 0) is 13.1 Å². The number of hydrogen-bond acceptors (Lipinski definition) is 2. The first-order chi connectivity index (χ1) is 9.16. The van der Waals surface area contributed by atoms with Gasteiger partial charge in [-0.15, -0.1) is 0 Å². The van der Waals surface area contributed by atoms with E-state index in [1.54, 1.807) is 6.20 Å². The number of aryl methyl sites for hydroxylation is 1. The van der Waals surface area contributed by atoms with Crippen molar-refractivity contribution < 1.29 is 4.79 Å². The summed E-state index contributed by atoms with van der Waals surface area (Å²) >= 11 is 3.52. The fourth-order valence-electron chi connectivity index (χ4n) is 1.64. The summed E-state index contributed by atoms with van der Waals surface area (Å²) in [6.07, 6.45) is 1.65. The van der Waals surface area contributed by atoms with Crippen molar-refractivity contribution in [2.24, 2.45) is 0 Å². The molecule has 0 aliphatic rings. The highest BCUT2D eigenvalue weighted by atomic mass is 79.9. The Kier molecular flexibility index (Phi) is 4.57. The molecule has 6 heteroatoms. The largest absolute Gasteiger partial charge is 0.334 e. The van der Waals surface area contributed by atoms with Gasteiger partial charge in [0.15, 0.2) is 0 Å². The fraction of sp³-hybridized carbons (Fsp3) is 0.231. The molecule has 0 atom stereocenters. The zero-order valence-electron chi connectivity index (χ0n) is 10.5. The first-order valence-corrected chi connectivity index (χ1v) is 6.70. The summed E-state index contributed by atoms with van der Waals surface area (Å²) in [7, 11) is 0. The molecule has 1 aromatic carbocycles. The maximum atomic E-state index is 11.6. The van der Waals surface area contributed by atoms with Crippen LogP contribution in [0.2, 0.25) is 0 Å². The lowest BCUT2D eigenvalue weighted by molar-refractivity contribution is 0.240. The van der Waals surface area contributed by atoms with E-state index in [4.69, 9.17) is 0 Å². The molecule has 0 radical (unpaired) electrons. The average molecular weight is 323 g/mol. The van der Waals surface area contributed by atoms with E-state index in [2.05, 4.69) is 36.8 Å². The Morgan fingerprint density at radius 2 is 2.11 bits per heavy atom.